The maximum Gasteiger partial charge on any atom is 0.407 e. The Bertz CT molecular complexity index is 1530. The normalized spacial score (nSPS) is 18.9. The van der Waals surface area contributed by atoms with Gasteiger partial charge < -0.3 is 19.7 Å². The Kier molecular flexibility index (Phi) is 13.3. The number of thiazole rings is 1. The Morgan fingerprint density at radius 2 is 1.65 bits per heavy atom. The molecule has 10 nitrogen and oxygen atoms in total. The second kappa shape index (κ2) is 16.4. The lowest BCUT2D eigenvalue weighted by molar-refractivity contribution is -0.143. The second-order valence-corrected chi connectivity index (χ2v) is 13.8. The number of alkyl carbamates (subject to hydrolysis) is 1. The Balaban J connectivity index is 1.89. The summed E-state index contributed by atoms with van der Waals surface area (Å²) in [6.45, 7) is 10.3. The van der Waals surface area contributed by atoms with Gasteiger partial charge in [0.25, 0.3) is 0 Å². The molecule has 0 aliphatic carbocycles. The maximum atomic E-state index is 14.1. The number of halogens is 5. The van der Waals surface area contributed by atoms with Crippen LogP contribution in [-0.2, 0) is 14.3 Å². The van der Waals surface area contributed by atoms with E-state index in [4.69, 9.17) is 4.74 Å². The first-order valence-electron chi connectivity index (χ1n) is 16.0. The summed E-state index contributed by atoms with van der Waals surface area (Å²) in [5.74, 6) is -16.2. The van der Waals surface area contributed by atoms with Crippen molar-refractivity contribution in [3.63, 3.8) is 0 Å². The van der Waals surface area contributed by atoms with Crippen LogP contribution in [0.15, 0.2) is 5.38 Å². The number of carbonyl (C=O) groups excluding carboxylic acids is 4. The lowest BCUT2D eigenvalue weighted by Crippen LogP contribution is -2.50. The lowest BCUT2D eigenvalue weighted by atomic mass is 9.80. The van der Waals surface area contributed by atoms with Crippen LogP contribution in [0.25, 0.3) is 0 Å². The van der Waals surface area contributed by atoms with Crippen LogP contribution in [0.4, 0.5) is 26.7 Å². The monoisotopic (exact) mass is 718 g/mol. The summed E-state index contributed by atoms with van der Waals surface area (Å²) >= 11 is 0.812. The number of Topliss-reactive ketones (excluding diaryl/α,β-unsaturated/α-hetero) is 1. The van der Waals surface area contributed by atoms with E-state index in [-0.39, 0.29) is 41.4 Å². The van der Waals surface area contributed by atoms with Crippen molar-refractivity contribution in [3.05, 3.63) is 45.2 Å². The van der Waals surface area contributed by atoms with Crippen LogP contribution < -0.4 is 10.1 Å². The first kappa shape index (κ1) is 39.8. The van der Waals surface area contributed by atoms with Gasteiger partial charge in [-0.15, -0.1) is 11.3 Å². The highest BCUT2D eigenvalue weighted by Crippen LogP contribution is 2.36. The van der Waals surface area contributed by atoms with Crippen LogP contribution in [0.2, 0.25) is 0 Å². The Morgan fingerprint density at radius 3 is 2.16 bits per heavy atom. The fourth-order valence-corrected chi connectivity index (χ4v) is 6.77. The third-order valence-electron chi connectivity index (χ3n) is 9.55. The molecule has 1 aliphatic heterocycles. The molecule has 1 fully saturated rings. The third kappa shape index (κ3) is 8.56. The van der Waals surface area contributed by atoms with E-state index in [1.54, 1.807) is 11.9 Å². The zero-order chi connectivity index (χ0) is 37.0. The Morgan fingerprint density at radius 1 is 1.06 bits per heavy atom. The zero-order valence-electron chi connectivity index (χ0n) is 28.8. The number of nitrogens with one attached hydrogen (secondary N) is 1. The number of rotatable bonds is 14. The van der Waals surface area contributed by atoms with Crippen molar-refractivity contribution < 1.29 is 50.6 Å². The number of amides is 2. The number of likely N-dealkylation sites (N-methyl/N-ethyl adjacent to an activating group) is 1. The fourth-order valence-electron chi connectivity index (χ4n) is 5.94. The molecule has 3 rings (SSSR count). The van der Waals surface area contributed by atoms with Crippen molar-refractivity contribution in [1.82, 2.24) is 20.1 Å². The highest BCUT2D eigenvalue weighted by Gasteiger charge is 2.44. The van der Waals surface area contributed by atoms with Gasteiger partial charge in [-0.05, 0) is 45.2 Å². The van der Waals surface area contributed by atoms with Crippen LogP contribution in [0.3, 0.4) is 0 Å². The summed E-state index contributed by atoms with van der Waals surface area (Å²) in [6, 6.07) is -0.568. The van der Waals surface area contributed by atoms with E-state index in [2.05, 4.69) is 15.0 Å². The van der Waals surface area contributed by atoms with E-state index in [0.29, 0.717) is 12.8 Å². The molecule has 272 valence electrons. The number of ketones is 1. The molecular formula is C33H43F5N4O6S. The summed E-state index contributed by atoms with van der Waals surface area (Å²) in [4.78, 5) is 60.5. The molecule has 1 aromatic carbocycles. The van der Waals surface area contributed by atoms with E-state index in [1.807, 2.05) is 46.6 Å². The number of hydrogen-bond acceptors (Lipinski definition) is 9. The van der Waals surface area contributed by atoms with Crippen molar-refractivity contribution in [2.45, 2.75) is 84.4 Å². The van der Waals surface area contributed by atoms with Crippen LogP contribution in [0.1, 0.15) is 88.3 Å². The quantitative estimate of drug-likeness (QED) is 0.0781. The standard InChI is InChI=1S/C33H43F5N4O6S/c1-9-17(4)18(13-22(43)33(5)11-10-12-41(33)7)30(44)42(8)20(16(2)3)14-21(47-32(46)39-6)29-40-19(15-49-29)31(45)48-28-26(37)24(35)23(34)25(36)27(28)38/h15-18,20-21H,9-14H2,1-8H3,(H,39,46)/t17-,18-,20+,21+,33+/m0/s1. The molecule has 2 amide bonds. The van der Waals surface area contributed by atoms with E-state index < -0.39 is 76.2 Å². The third-order valence-corrected chi connectivity index (χ3v) is 10.5. The molecule has 0 unspecified atom stereocenters. The van der Waals surface area contributed by atoms with Crippen LogP contribution >= 0.6 is 11.3 Å². The van der Waals surface area contributed by atoms with Gasteiger partial charge in [0.2, 0.25) is 40.7 Å². The molecule has 5 atom stereocenters. The van der Waals surface area contributed by atoms with Crippen LogP contribution in [-0.4, -0.2) is 77.8 Å². The Hall–Kier alpha value is -3.66. The lowest BCUT2D eigenvalue weighted by Gasteiger charge is -2.38. The number of benzene rings is 1. The minimum atomic E-state index is -2.42. The first-order valence-corrected chi connectivity index (χ1v) is 16.9. The number of likely N-dealkylation sites (tertiary alicyclic amines) is 1. The summed E-state index contributed by atoms with van der Waals surface area (Å²) < 4.78 is 79.1. The average Bonchev–Trinajstić information content (AvgIpc) is 3.71. The maximum absolute atomic E-state index is 14.1. The molecule has 16 heteroatoms. The van der Waals surface area contributed by atoms with Gasteiger partial charge in [0.05, 0.1) is 5.54 Å². The molecule has 2 heterocycles. The molecule has 1 N–H and O–H groups in total. The van der Waals surface area contributed by atoms with Gasteiger partial charge in [0, 0.05) is 44.3 Å². The van der Waals surface area contributed by atoms with Gasteiger partial charge in [-0.25, -0.2) is 27.7 Å². The van der Waals surface area contributed by atoms with Gasteiger partial charge in [0.15, 0.2) is 17.6 Å². The summed E-state index contributed by atoms with van der Waals surface area (Å²) in [6.07, 6.45) is 0.282. The number of ether oxygens (including phenoxy) is 2. The summed E-state index contributed by atoms with van der Waals surface area (Å²) in [7, 11) is 4.84. The van der Waals surface area contributed by atoms with Gasteiger partial charge in [-0.1, -0.05) is 34.1 Å². The molecule has 0 spiro atoms. The first-order chi connectivity index (χ1) is 22.9. The van der Waals surface area contributed by atoms with E-state index in [0.717, 1.165) is 29.7 Å². The van der Waals surface area contributed by atoms with E-state index in [9.17, 15) is 41.1 Å². The molecule has 2 aromatic rings. The molecule has 0 bridgehead atoms. The zero-order valence-corrected chi connectivity index (χ0v) is 29.6. The SMILES string of the molecule is CC[C@H](C)[C@H](CC(=O)[C@@]1(C)CCCN1C)C(=O)N(C)[C@H](C[C@@H](OC(=O)NC)c1nc(C(=O)Oc2c(F)c(F)c(F)c(F)c2F)cs1)C(C)C. The van der Waals surface area contributed by atoms with Crippen LogP contribution in [0.5, 0.6) is 5.75 Å². The summed E-state index contributed by atoms with van der Waals surface area (Å²) in [5, 5.41) is 3.46. The highest BCUT2D eigenvalue weighted by molar-refractivity contribution is 7.09. The van der Waals surface area contributed by atoms with Crippen molar-refractivity contribution in [1.29, 1.82) is 0 Å². The molecular weight excluding hydrogens is 675 g/mol. The predicted octanol–water partition coefficient (Wildman–Crippen LogP) is 6.43. The van der Waals surface area contributed by atoms with Crippen molar-refractivity contribution in [2.75, 3.05) is 27.7 Å². The summed E-state index contributed by atoms with van der Waals surface area (Å²) in [5.41, 5.74) is -1.21. The predicted molar refractivity (Wildman–Crippen MR) is 170 cm³/mol. The molecule has 1 aliphatic rings. The molecule has 1 saturated heterocycles. The number of nitrogens with zero attached hydrogens (tertiary/aromatic N) is 3. The van der Waals surface area contributed by atoms with E-state index in [1.165, 1.54) is 7.05 Å². The number of esters is 1. The number of aromatic nitrogens is 1. The fraction of sp³-hybridized carbons (Fsp3) is 0.606. The Labute approximate surface area is 286 Å². The van der Waals surface area contributed by atoms with Gasteiger partial charge in [0.1, 0.15) is 5.01 Å². The molecule has 0 saturated carbocycles. The smallest absolute Gasteiger partial charge is 0.407 e. The van der Waals surface area contributed by atoms with E-state index >= 15 is 0 Å². The molecule has 49 heavy (non-hydrogen) atoms. The highest BCUT2D eigenvalue weighted by atomic mass is 32.1. The van der Waals surface area contributed by atoms with Gasteiger partial charge in [-0.3, -0.25) is 14.5 Å². The molecule has 0 radical (unpaired) electrons. The van der Waals surface area contributed by atoms with Crippen molar-refractivity contribution in [2.24, 2.45) is 17.8 Å². The topological polar surface area (TPSA) is 118 Å². The van der Waals surface area contributed by atoms with Crippen LogP contribution in [0, 0.1) is 46.8 Å². The minimum Gasteiger partial charge on any atom is -0.439 e. The van der Waals surface area contributed by atoms with Gasteiger partial charge in [-0.2, -0.15) is 8.78 Å². The number of carbonyl (C=O) groups is 4. The average molecular weight is 719 g/mol. The largest absolute Gasteiger partial charge is 0.439 e. The van der Waals surface area contributed by atoms with Gasteiger partial charge >= 0.3 is 12.1 Å². The van der Waals surface area contributed by atoms with Crippen molar-refractivity contribution >= 4 is 35.1 Å². The minimum absolute atomic E-state index is 0.00505. The number of hydrogen-bond donors (Lipinski definition) is 1. The molecule has 1 aromatic heterocycles. The second-order valence-electron chi connectivity index (χ2n) is 12.9. The van der Waals surface area contributed by atoms with Crippen molar-refractivity contribution in [3.8, 4) is 5.75 Å².